The normalized spacial score (nSPS) is 12.4. The molecule has 1 unspecified atom stereocenters. The molecule has 1 atom stereocenters. The van der Waals surface area contributed by atoms with E-state index in [0.29, 0.717) is 22.8 Å². The average molecular weight is 338 g/mol. The number of alkyl halides is 1. The molecule has 0 saturated heterocycles. The van der Waals surface area contributed by atoms with Crippen LogP contribution in [-0.2, 0) is 6.54 Å². The lowest BCUT2D eigenvalue weighted by molar-refractivity contribution is -0.386. The lowest BCUT2D eigenvalue weighted by Gasteiger charge is -2.11. The van der Waals surface area contributed by atoms with Crippen LogP contribution in [0.15, 0.2) is 21.5 Å². The molecule has 0 bridgehead atoms. The van der Waals surface area contributed by atoms with E-state index in [-0.39, 0.29) is 0 Å². The highest BCUT2D eigenvalue weighted by molar-refractivity contribution is 9.10. The van der Waals surface area contributed by atoms with Gasteiger partial charge in [0, 0.05) is 29.2 Å². The first kappa shape index (κ1) is 15.2. The molecule has 1 heterocycles. The zero-order valence-electron chi connectivity index (χ0n) is 9.94. The van der Waals surface area contributed by atoms with Gasteiger partial charge in [0.15, 0.2) is 0 Å². The van der Waals surface area contributed by atoms with Crippen LogP contribution in [0, 0.1) is 16.0 Å². The Bertz CT molecular complexity index is 490. The highest BCUT2D eigenvalue weighted by atomic mass is 79.9. The van der Waals surface area contributed by atoms with E-state index in [9.17, 15) is 14.9 Å². The third-order valence-corrected chi connectivity index (χ3v) is 3.35. The molecular weight excluding hydrogens is 323 g/mol. The Labute approximate surface area is 118 Å². The lowest BCUT2D eigenvalue weighted by atomic mass is 10.1. The van der Waals surface area contributed by atoms with E-state index in [1.54, 1.807) is 6.20 Å². The van der Waals surface area contributed by atoms with E-state index in [2.05, 4.69) is 15.9 Å². The number of halogens is 2. The average Bonchev–Trinajstić information content (AvgIpc) is 2.30. The number of aryl methyl sites for hydroxylation is 1. The number of pyridine rings is 1. The summed E-state index contributed by atoms with van der Waals surface area (Å²) in [5.41, 5.74) is -0.976. The van der Waals surface area contributed by atoms with Crippen LogP contribution in [0.1, 0.15) is 19.8 Å². The number of nitrogens with zero attached hydrogens (tertiary/aromatic N) is 2. The van der Waals surface area contributed by atoms with Gasteiger partial charge in [-0.15, -0.1) is 11.6 Å². The van der Waals surface area contributed by atoms with Crippen molar-refractivity contribution in [3.8, 4) is 0 Å². The molecule has 0 aliphatic carbocycles. The van der Waals surface area contributed by atoms with Crippen molar-refractivity contribution in [2.24, 2.45) is 5.92 Å². The van der Waals surface area contributed by atoms with Crippen LogP contribution in [0.4, 0.5) is 5.69 Å². The highest BCUT2D eigenvalue weighted by Gasteiger charge is 2.16. The van der Waals surface area contributed by atoms with Gasteiger partial charge in [-0.25, -0.2) is 0 Å². The Hall–Kier alpha value is -0.880. The third kappa shape index (κ3) is 4.10. The molecule has 0 N–H and O–H groups in total. The van der Waals surface area contributed by atoms with Crippen LogP contribution < -0.4 is 5.56 Å². The van der Waals surface area contributed by atoms with Crippen LogP contribution in [0.3, 0.4) is 0 Å². The van der Waals surface area contributed by atoms with Gasteiger partial charge in [0.25, 0.3) is 0 Å². The molecule has 0 spiro atoms. The SMILES string of the molecule is CC(CCCl)CCn1cc(Br)cc([N+](=O)[O-])c1=O. The van der Waals surface area contributed by atoms with Gasteiger partial charge in [-0.3, -0.25) is 14.9 Å². The quantitative estimate of drug-likeness (QED) is 0.455. The summed E-state index contributed by atoms with van der Waals surface area (Å²) in [6, 6.07) is 1.22. The first-order chi connectivity index (χ1) is 8.45. The van der Waals surface area contributed by atoms with Gasteiger partial charge in [0.2, 0.25) is 0 Å². The van der Waals surface area contributed by atoms with Gasteiger partial charge in [0.1, 0.15) is 0 Å². The second-order valence-corrected chi connectivity index (χ2v) is 5.46. The highest BCUT2D eigenvalue weighted by Crippen LogP contribution is 2.15. The second-order valence-electron chi connectivity index (χ2n) is 4.17. The van der Waals surface area contributed by atoms with Crippen molar-refractivity contribution in [2.75, 3.05) is 5.88 Å². The summed E-state index contributed by atoms with van der Waals surface area (Å²) in [6.07, 6.45) is 3.20. The van der Waals surface area contributed by atoms with Gasteiger partial charge in [-0.05, 0) is 34.7 Å². The van der Waals surface area contributed by atoms with Crippen molar-refractivity contribution in [3.05, 3.63) is 37.2 Å². The molecule has 0 radical (unpaired) electrons. The van der Waals surface area contributed by atoms with E-state index >= 15 is 0 Å². The maximum Gasteiger partial charge on any atom is 0.335 e. The predicted octanol–water partition coefficient (Wildman–Crippen LogP) is 3.17. The van der Waals surface area contributed by atoms with Gasteiger partial charge in [0.05, 0.1) is 4.92 Å². The maximum atomic E-state index is 11.8. The Morgan fingerprint density at radius 1 is 1.56 bits per heavy atom. The summed E-state index contributed by atoms with van der Waals surface area (Å²) in [7, 11) is 0. The Morgan fingerprint density at radius 2 is 2.22 bits per heavy atom. The van der Waals surface area contributed by atoms with Crippen LogP contribution in [-0.4, -0.2) is 15.4 Å². The van der Waals surface area contributed by atoms with Gasteiger partial charge < -0.3 is 4.57 Å². The second kappa shape index (κ2) is 6.89. The summed E-state index contributed by atoms with van der Waals surface area (Å²) < 4.78 is 1.89. The maximum absolute atomic E-state index is 11.8. The molecule has 0 amide bonds. The smallest absolute Gasteiger partial charge is 0.309 e. The van der Waals surface area contributed by atoms with Crippen LogP contribution in [0.25, 0.3) is 0 Å². The molecular formula is C11H14BrClN2O3. The Balaban J connectivity index is 2.89. The third-order valence-electron chi connectivity index (χ3n) is 2.70. The van der Waals surface area contributed by atoms with Gasteiger partial charge in [-0.2, -0.15) is 0 Å². The minimum absolute atomic E-state index is 0.382. The van der Waals surface area contributed by atoms with E-state index in [1.165, 1.54) is 10.6 Å². The molecule has 1 aromatic heterocycles. The van der Waals surface area contributed by atoms with Crippen LogP contribution >= 0.6 is 27.5 Å². The first-order valence-electron chi connectivity index (χ1n) is 5.56. The van der Waals surface area contributed by atoms with Crippen molar-refractivity contribution in [1.82, 2.24) is 4.57 Å². The molecule has 0 aromatic carbocycles. The lowest BCUT2D eigenvalue weighted by Crippen LogP contribution is -2.23. The fraction of sp³-hybridized carbons (Fsp3) is 0.545. The fourth-order valence-corrected chi connectivity index (χ4v) is 2.41. The molecule has 18 heavy (non-hydrogen) atoms. The number of hydrogen-bond donors (Lipinski definition) is 0. The van der Waals surface area contributed by atoms with E-state index < -0.39 is 16.2 Å². The number of nitro groups is 1. The molecule has 100 valence electrons. The van der Waals surface area contributed by atoms with Gasteiger partial charge in [-0.1, -0.05) is 6.92 Å². The van der Waals surface area contributed by atoms with Crippen molar-refractivity contribution in [3.63, 3.8) is 0 Å². The zero-order chi connectivity index (χ0) is 13.7. The zero-order valence-corrected chi connectivity index (χ0v) is 12.3. The van der Waals surface area contributed by atoms with Crippen molar-refractivity contribution >= 4 is 33.2 Å². The Kier molecular flexibility index (Phi) is 5.81. The van der Waals surface area contributed by atoms with E-state index in [0.717, 1.165) is 12.8 Å². The minimum atomic E-state index is -0.661. The fourth-order valence-electron chi connectivity index (χ4n) is 1.57. The van der Waals surface area contributed by atoms with E-state index in [1.807, 2.05) is 6.92 Å². The minimum Gasteiger partial charge on any atom is -0.309 e. The van der Waals surface area contributed by atoms with Crippen molar-refractivity contribution < 1.29 is 4.92 Å². The molecule has 7 heteroatoms. The topological polar surface area (TPSA) is 65.1 Å². The molecule has 0 fully saturated rings. The molecule has 1 rings (SSSR count). The van der Waals surface area contributed by atoms with Crippen molar-refractivity contribution in [1.29, 1.82) is 0 Å². The molecule has 1 aromatic rings. The standard InChI is InChI=1S/C11H14BrClN2O3/c1-8(2-4-13)3-5-14-7-9(12)6-10(11(14)16)15(17)18/h6-8H,2-5H2,1H3. The summed E-state index contributed by atoms with van der Waals surface area (Å²) in [5.74, 6) is 0.960. The molecule has 0 saturated carbocycles. The van der Waals surface area contributed by atoms with Crippen LogP contribution in [0.2, 0.25) is 0 Å². The van der Waals surface area contributed by atoms with Gasteiger partial charge >= 0.3 is 11.2 Å². The monoisotopic (exact) mass is 336 g/mol. The number of aromatic nitrogens is 1. The largest absolute Gasteiger partial charge is 0.335 e. The predicted molar refractivity (Wildman–Crippen MR) is 74.2 cm³/mol. The number of hydrogen-bond acceptors (Lipinski definition) is 3. The summed E-state index contributed by atoms with van der Waals surface area (Å²) in [6.45, 7) is 2.50. The van der Waals surface area contributed by atoms with E-state index in [4.69, 9.17) is 11.6 Å². The van der Waals surface area contributed by atoms with Crippen molar-refractivity contribution in [2.45, 2.75) is 26.3 Å². The molecule has 0 aliphatic heterocycles. The molecule has 5 nitrogen and oxygen atoms in total. The summed E-state index contributed by atoms with van der Waals surface area (Å²) >= 11 is 8.80. The molecule has 0 aliphatic rings. The summed E-state index contributed by atoms with van der Waals surface area (Å²) in [4.78, 5) is 21.9. The van der Waals surface area contributed by atoms with Crippen LogP contribution in [0.5, 0.6) is 0 Å². The Morgan fingerprint density at radius 3 is 2.78 bits per heavy atom. The summed E-state index contributed by atoms with van der Waals surface area (Å²) in [5, 5.41) is 10.7. The first-order valence-corrected chi connectivity index (χ1v) is 6.88. The number of rotatable bonds is 6.